The Bertz CT molecular complexity index is 236. The molecule has 0 aliphatic carbocycles. The first kappa shape index (κ1) is 12.6. The van der Waals surface area contributed by atoms with Crippen LogP contribution in [0.3, 0.4) is 0 Å². The standard InChI is InChI=1S/C11H21N3S/c1-2-3-4-5-6-7-8-10(12)11-9-13-14-15-11/h9-10H,2-8,12H2,1H3. The highest BCUT2D eigenvalue weighted by molar-refractivity contribution is 7.05. The van der Waals surface area contributed by atoms with Crippen molar-refractivity contribution >= 4 is 11.5 Å². The fourth-order valence-corrected chi connectivity index (χ4v) is 2.16. The molecule has 0 spiro atoms. The van der Waals surface area contributed by atoms with Crippen molar-refractivity contribution in [3.8, 4) is 0 Å². The summed E-state index contributed by atoms with van der Waals surface area (Å²) in [6.07, 6.45) is 10.8. The van der Waals surface area contributed by atoms with Gasteiger partial charge < -0.3 is 5.73 Å². The first-order valence-electron chi connectivity index (χ1n) is 5.87. The smallest absolute Gasteiger partial charge is 0.0669 e. The SMILES string of the molecule is CCCCCCCCC(N)c1cnns1. The summed E-state index contributed by atoms with van der Waals surface area (Å²) in [5.74, 6) is 0. The maximum absolute atomic E-state index is 6.01. The summed E-state index contributed by atoms with van der Waals surface area (Å²) >= 11 is 1.42. The first-order chi connectivity index (χ1) is 7.34. The number of unbranched alkanes of at least 4 members (excludes halogenated alkanes) is 5. The van der Waals surface area contributed by atoms with Crippen LogP contribution in [0.25, 0.3) is 0 Å². The van der Waals surface area contributed by atoms with Crippen molar-refractivity contribution in [2.45, 2.75) is 57.9 Å². The minimum Gasteiger partial charge on any atom is -0.323 e. The van der Waals surface area contributed by atoms with E-state index in [0.29, 0.717) is 0 Å². The molecule has 0 fully saturated rings. The molecule has 86 valence electrons. The van der Waals surface area contributed by atoms with Gasteiger partial charge in [-0.25, -0.2) is 0 Å². The first-order valence-corrected chi connectivity index (χ1v) is 6.64. The van der Waals surface area contributed by atoms with Gasteiger partial charge in [-0.1, -0.05) is 49.9 Å². The number of nitrogens with two attached hydrogens (primary N) is 1. The Hall–Kier alpha value is -0.480. The molecule has 1 heterocycles. The van der Waals surface area contributed by atoms with E-state index in [1.165, 1.54) is 50.1 Å². The van der Waals surface area contributed by atoms with Gasteiger partial charge in [0.05, 0.1) is 11.1 Å². The summed E-state index contributed by atoms with van der Waals surface area (Å²) in [4.78, 5) is 1.11. The quantitative estimate of drug-likeness (QED) is 0.693. The molecule has 1 atom stereocenters. The van der Waals surface area contributed by atoms with Gasteiger partial charge in [0, 0.05) is 6.04 Å². The Kier molecular flexibility index (Phi) is 6.52. The number of hydrogen-bond acceptors (Lipinski definition) is 4. The van der Waals surface area contributed by atoms with E-state index in [1.54, 1.807) is 6.20 Å². The third kappa shape index (κ3) is 5.23. The minimum atomic E-state index is 0.149. The number of hydrogen-bond donors (Lipinski definition) is 1. The molecular formula is C11H21N3S. The van der Waals surface area contributed by atoms with Crippen molar-refractivity contribution in [2.75, 3.05) is 0 Å². The van der Waals surface area contributed by atoms with E-state index in [1.807, 2.05) is 0 Å². The lowest BCUT2D eigenvalue weighted by Crippen LogP contribution is -2.08. The van der Waals surface area contributed by atoms with Gasteiger partial charge in [-0.05, 0) is 18.0 Å². The average molecular weight is 227 g/mol. The molecule has 15 heavy (non-hydrogen) atoms. The van der Waals surface area contributed by atoms with Gasteiger partial charge in [0.15, 0.2) is 0 Å². The second-order valence-electron chi connectivity index (χ2n) is 3.98. The summed E-state index contributed by atoms with van der Waals surface area (Å²) < 4.78 is 3.82. The van der Waals surface area contributed by atoms with Crippen LogP contribution < -0.4 is 5.73 Å². The fourth-order valence-electron chi connectivity index (χ4n) is 1.63. The van der Waals surface area contributed by atoms with Gasteiger partial charge in [0.25, 0.3) is 0 Å². The van der Waals surface area contributed by atoms with Crippen LogP contribution in [-0.2, 0) is 0 Å². The van der Waals surface area contributed by atoms with Gasteiger partial charge >= 0.3 is 0 Å². The number of nitrogens with zero attached hydrogens (tertiary/aromatic N) is 2. The molecule has 0 saturated heterocycles. The van der Waals surface area contributed by atoms with Crippen LogP contribution in [0.15, 0.2) is 6.20 Å². The second kappa shape index (κ2) is 7.77. The van der Waals surface area contributed by atoms with Gasteiger partial charge in [-0.3, -0.25) is 0 Å². The zero-order valence-electron chi connectivity index (χ0n) is 9.48. The number of aromatic nitrogens is 2. The van der Waals surface area contributed by atoms with Crippen molar-refractivity contribution in [3.63, 3.8) is 0 Å². The predicted molar refractivity (Wildman–Crippen MR) is 64.8 cm³/mol. The van der Waals surface area contributed by atoms with Crippen LogP contribution in [-0.4, -0.2) is 9.59 Å². The molecule has 4 heteroatoms. The van der Waals surface area contributed by atoms with E-state index in [0.717, 1.165) is 11.3 Å². The zero-order valence-corrected chi connectivity index (χ0v) is 10.3. The minimum absolute atomic E-state index is 0.149. The summed E-state index contributed by atoms with van der Waals surface area (Å²) in [5.41, 5.74) is 6.01. The van der Waals surface area contributed by atoms with Crippen molar-refractivity contribution in [1.82, 2.24) is 9.59 Å². The molecule has 0 amide bonds. The highest BCUT2D eigenvalue weighted by Gasteiger charge is 2.07. The Labute approximate surface area is 96.2 Å². The van der Waals surface area contributed by atoms with Crippen molar-refractivity contribution in [3.05, 3.63) is 11.1 Å². The van der Waals surface area contributed by atoms with Crippen LogP contribution in [0.1, 0.15) is 62.8 Å². The molecule has 0 aliphatic heterocycles. The molecule has 0 bridgehead atoms. The summed E-state index contributed by atoms with van der Waals surface area (Å²) in [7, 11) is 0. The van der Waals surface area contributed by atoms with Crippen LogP contribution >= 0.6 is 11.5 Å². The predicted octanol–water partition coefficient (Wildman–Crippen LogP) is 3.29. The average Bonchev–Trinajstić information content (AvgIpc) is 2.76. The third-order valence-corrected chi connectivity index (χ3v) is 3.41. The van der Waals surface area contributed by atoms with Crippen molar-refractivity contribution in [2.24, 2.45) is 5.73 Å². The Balaban J connectivity index is 2.00. The van der Waals surface area contributed by atoms with Gasteiger partial charge in [0.1, 0.15) is 0 Å². The van der Waals surface area contributed by atoms with Gasteiger partial charge in [-0.2, -0.15) is 0 Å². The van der Waals surface area contributed by atoms with E-state index in [2.05, 4.69) is 16.5 Å². The molecule has 1 aromatic heterocycles. The zero-order chi connectivity index (χ0) is 10.9. The molecule has 0 radical (unpaired) electrons. The van der Waals surface area contributed by atoms with Crippen LogP contribution in [0.5, 0.6) is 0 Å². The van der Waals surface area contributed by atoms with E-state index in [9.17, 15) is 0 Å². The topological polar surface area (TPSA) is 51.8 Å². The van der Waals surface area contributed by atoms with Gasteiger partial charge in [-0.15, -0.1) is 5.10 Å². The highest BCUT2D eigenvalue weighted by atomic mass is 32.1. The monoisotopic (exact) mass is 227 g/mol. The van der Waals surface area contributed by atoms with E-state index < -0.39 is 0 Å². The van der Waals surface area contributed by atoms with Crippen molar-refractivity contribution < 1.29 is 0 Å². The lowest BCUT2D eigenvalue weighted by molar-refractivity contribution is 0.550. The lowest BCUT2D eigenvalue weighted by Gasteiger charge is -2.07. The summed E-state index contributed by atoms with van der Waals surface area (Å²) in [5, 5.41) is 3.80. The molecule has 3 nitrogen and oxygen atoms in total. The Morgan fingerprint density at radius 3 is 2.67 bits per heavy atom. The largest absolute Gasteiger partial charge is 0.323 e. The molecule has 2 N–H and O–H groups in total. The molecular weight excluding hydrogens is 206 g/mol. The summed E-state index contributed by atoms with van der Waals surface area (Å²) in [6, 6.07) is 0.149. The lowest BCUT2D eigenvalue weighted by atomic mass is 10.1. The van der Waals surface area contributed by atoms with Crippen LogP contribution in [0, 0.1) is 0 Å². The van der Waals surface area contributed by atoms with E-state index in [-0.39, 0.29) is 6.04 Å². The maximum Gasteiger partial charge on any atom is 0.0669 e. The third-order valence-electron chi connectivity index (χ3n) is 2.61. The highest BCUT2D eigenvalue weighted by Crippen LogP contribution is 2.19. The van der Waals surface area contributed by atoms with Crippen LogP contribution in [0.2, 0.25) is 0 Å². The normalized spacial score (nSPS) is 12.9. The van der Waals surface area contributed by atoms with Crippen LogP contribution in [0.4, 0.5) is 0 Å². The van der Waals surface area contributed by atoms with Gasteiger partial charge in [0.2, 0.25) is 0 Å². The van der Waals surface area contributed by atoms with E-state index in [4.69, 9.17) is 5.73 Å². The Morgan fingerprint density at radius 1 is 1.27 bits per heavy atom. The van der Waals surface area contributed by atoms with E-state index >= 15 is 0 Å². The molecule has 1 unspecified atom stereocenters. The molecule has 0 saturated carbocycles. The fraction of sp³-hybridized carbons (Fsp3) is 0.818. The van der Waals surface area contributed by atoms with Crippen molar-refractivity contribution in [1.29, 1.82) is 0 Å². The molecule has 1 aromatic rings. The second-order valence-corrected chi connectivity index (χ2v) is 4.80. The summed E-state index contributed by atoms with van der Waals surface area (Å²) in [6.45, 7) is 2.24. The maximum atomic E-state index is 6.01. The Morgan fingerprint density at radius 2 is 2.00 bits per heavy atom. The molecule has 1 rings (SSSR count). The number of rotatable bonds is 8. The molecule has 0 aromatic carbocycles. The molecule has 0 aliphatic rings.